The fourth-order valence-electron chi connectivity index (χ4n) is 5.63. The van der Waals surface area contributed by atoms with Crippen molar-refractivity contribution < 1.29 is 4.79 Å². The second-order valence-corrected chi connectivity index (χ2v) is 10.6. The molecule has 1 aromatic heterocycles. The highest BCUT2D eigenvalue weighted by atomic mass is 35.5. The van der Waals surface area contributed by atoms with E-state index in [0.717, 1.165) is 54.5 Å². The van der Waals surface area contributed by atoms with Gasteiger partial charge in [0.05, 0.1) is 12.5 Å². The molecule has 5 rings (SSSR count). The van der Waals surface area contributed by atoms with E-state index in [-0.39, 0.29) is 23.9 Å². The SMILES string of the molecule is C=C1CN(C)c2c(ncnc2N2CC3CCC(C2)N3C(=O)[C@H](CNC(C)C)c2ccc(Cl)cc2)N1. The Hall–Kier alpha value is -2.84. The largest absolute Gasteiger partial charge is 0.363 e. The van der Waals surface area contributed by atoms with E-state index in [1.165, 1.54) is 0 Å². The fourth-order valence-corrected chi connectivity index (χ4v) is 5.75. The maximum atomic E-state index is 14.0. The molecular formula is C26H34ClN7O. The number of nitrogens with zero attached hydrogens (tertiary/aromatic N) is 5. The maximum Gasteiger partial charge on any atom is 0.232 e. The van der Waals surface area contributed by atoms with Gasteiger partial charge in [-0.1, -0.05) is 44.2 Å². The third-order valence-electron chi connectivity index (χ3n) is 7.24. The van der Waals surface area contributed by atoms with E-state index in [4.69, 9.17) is 11.6 Å². The van der Waals surface area contributed by atoms with Crippen LogP contribution < -0.4 is 20.4 Å². The molecule has 1 aromatic carbocycles. The Balaban J connectivity index is 1.39. The van der Waals surface area contributed by atoms with E-state index in [9.17, 15) is 4.79 Å². The molecule has 3 aliphatic rings. The average Bonchev–Trinajstić information content (AvgIpc) is 3.08. The van der Waals surface area contributed by atoms with Crippen LogP contribution in [0.2, 0.25) is 5.02 Å². The third kappa shape index (κ3) is 4.69. The summed E-state index contributed by atoms with van der Waals surface area (Å²) < 4.78 is 0. The lowest BCUT2D eigenvalue weighted by Crippen LogP contribution is -2.58. The highest BCUT2D eigenvalue weighted by Crippen LogP contribution is 2.40. The van der Waals surface area contributed by atoms with E-state index >= 15 is 0 Å². The van der Waals surface area contributed by atoms with Gasteiger partial charge in [0.15, 0.2) is 11.6 Å². The topological polar surface area (TPSA) is 76.6 Å². The fraction of sp³-hybridized carbons (Fsp3) is 0.500. The minimum absolute atomic E-state index is 0.164. The molecule has 3 aliphatic heterocycles. The Morgan fingerprint density at radius 2 is 1.89 bits per heavy atom. The molecule has 9 heteroatoms. The summed E-state index contributed by atoms with van der Waals surface area (Å²) in [5.74, 6) is 1.68. The molecule has 0 saturated carbocycles. The zero-order chi connectivity index (χ0) is 24.7. The molecule has 2 bridgehead atoms. The van der Waals surface area contributed by atoms with Crippen LogP contribution in [0.15, 0.2) is 42.9 Å². The van der Waals surface area contributed by atoms with Crippen LogP contribution in [0.1, 0.15) is 38.2 Å². The minimum atomic E-state index is -0.238. The van der Waals surface area contributed by atoms with Gasteiger partial charge in [0, 0.05) is 55.5 Å². The molecule has 1 amide bonds. The van der Waals surface area contributed by atoms with Crippen LogP contribution >= 0.6 is 11.6 Å². The van der Waals surface area contributed by atoms with Crippen LogP contribution in [0.4, 0.5) is 17.3 Å². The Morgan fingerprint density at radius 3 is 2.54 bits per heavy atom. The van der Waals surface area contributed by atoms with Gasteiger partial charge < -0.3 is 25.3 Å². The number of nitrogens with one attached hydrogen (secondary N) is 2. The van der Waals surface area contributed by atoms with Gasteiger partial charge in [-0.3, -0.25) is 4.79 Å². The zero-order valence-corrected chi connectivity index (χ0v) is 21.4. The van der Waals surface area contributed by atoms with E-state index in [0.29, 0.717) is 24.2 Å². The highest BCUT2D eigenvalue weighted by molar-refractivity contribution is 6.30. The molecule has 2 aromatic rings. The Labute approximate surface area is 212 Å². The van der Waals surface area contributed by atoms with Gasteiger partial charge in [-0.2, -0.15) is 0 Å². The summed E-state index contributed by atoms with van der Waals surface area (Å²) in [6, 6.07) is 8.34. The second kappa shape index (κ2) is 9.66. The number of hydrogen-bond donors (Lipinski definition) is 2. The number of piperazine rings is 1. The van der Waals surface area contributed by atoms with Gasteiger partial charge in [0.25, 0.3) is 0 Å². The van der Waals surface area contributed by atoms with Crippen molar-refractivity contribution in [1.29, 1.82) is 0 Å². The van der Waals surface area contributed by atoms with Gasteiger partial charge in [-0.05, 0) is 30.5 Å². The number of benzene rings is 1. The minimum Gasteiger partial charge on any atom is -0.363 e. The standard InChI is InChI=1S/C26H34ClN7O/c1-16(2)28-11-22(18-5-7-19(27)8-6-18)26(35)34-20-9-10-21(34)14-33(13-20)25-23-24(29-15-30-25)31-17(3)12-32(23)4/h5-8,15-16,20-22,28H,3,9-14H2,1-2,4H3,(H,29,30,31)/t20?,21?,22-/m1/s1. The molecule has 8 nitrogen and oxygen atoms in total. The number of aromatic nitrogens is 2. The van der Waals surface area contributed by atoms with Crippen molar-refractivity contribution in [2.75, 3.05) is 48.3 Å². The van der Waals surface area contributed by atoms with Crippen molar-refractivity contribution in [3.8, 4) is 0 Å². The Morgan fingerprint density at radius 1 is 1.20 bits per heavy atom. The van der Waals surface area contributed by atoms with E-state index in [1.54, 1.807) is 6.33 Å². The number of fused-ring (bicyclic) bond motifs is 3. The molecule has 2 unspecified atom stereocenters. The van der Waals surface area contributed by atoms with Gasteiger partial charge in [-0.15, -0.1) is 0 Å². The first-order chi connectivity index (χ1) is 16.8. The van der Waals surface area contributed by atoms with E-state index < -0.39 is 0 Å². The maximum absolute atomic E-state index is 14.0. The number of amides is 1. The average molecular weight is 496 g/mol. The van der Waals surface area contributed by atoms with Crippen LogP contribution in [-0.4, -0.2) is 72.1 Å². The monoisotopic (exact) mass is 495 g/mol. The summed E-state index contributed by atoms with van der Waals surface area (Å²) in [5, 5.41) is 7.46. The van der Waals surface area contributed by atoms with Crippen LogP contribution in [0.3, 0.4) is 0 Å². The van der Waals surface area contributed by atoms with Crippen molar-refractivity contribution in [2.45, 2.75) is 50.7 Å². The van der Waals surface area contributed by atoms with Crippen molar-refractivity contribution in [2.24, 2.45) is 0 Å². The first-order valence-electron chi connectivity index (χ1n) is 12.4. The van der Waals surface area contributed by atoms with Gasteiger partial charge >= 0.3 is 0 Å². The summed E-state index contributed by atoms with van der Waals surface area (Å²) in [4.78, 5) is 29.8. The number of rotatable bonds is 6. The molecule has 0 aliphatic carbocycles. The first-order valence-corrected chi connectivity index (χ1v) is 12.8. The summed E-state index contributed by atoms with van der Waals surface area (Å²) >= 11 is 6.13. The Bertz CT molecular complexity index is 1090. The molecule has 4 heterocycles. The van der Waals surface area contributed by atoms with Gasteiger partial charge in [0.1, 0.15) is 12.0 Å². The molecule has 0 spiro atoms. The molecule has 2 N–H and O–H groups in total. The zero-order valence-electron chi connectivity index (χ0n) is 20.7. The molecule has 2 saturated heterocycles. The molecule has 186 valence electrons. The number of carbonyl (C=O) groups excluding carboxylic acids is 1. The lowest BCUT2D eigenvalue weighted by Gasteiger charge is -2.44. The predicted molar refractivity (Wildman–Crippen MR) is 141 cm³/mol. The van der Waals surface area contributed by atoms with Gasteiger partial charge in [0.2, 0.25) is 5.91 Å². The summed E-state index contributed by atoms with van der Waals surface area (Å²) in [7, 11) is 2.05. The normalized spacial score (nSPS) is 22.3. The number of likely N-dealkylation sites (N-methyl/N-ethyl adjacent to an activating group) is 1. The third-order valence-corrected chi connectivity index (χ3v) is 7.50. The highest BCUT2D eigenvalue weighted by Gasteiger charge is 2.45. The van der Waals surface area contributed by atoms with E-state index in [2.05, 4.69) is 55.7 Å². The van der Waals surface area contributed by atoms with E-state index in [1.807, 2.05) is 31.3 Å². The molecule has 0 radical (unpaired) electrons. The predicted octanol–water partition coefficient (Wildman–Crippen LogP) is 3.47. The van der Waals surface area contributed by atoms with Crippen LogP contribution in [0.25, 0.3) is 0 Å². The van der Waals surface area contributed by atoms with Crippen LogP contribution in [-0.2, 0) is 4.79 Å². The number of carbonyl (C=O) groups is 1. The number of anilines is 3. The molecule has 35 heavy (non-hydrogen) atoms. The second-order valence-electron chi connectivity index (χ2n) is 10.2. The van der Waals surface area contributed by atoms with Crippen molar-refractivity contribution in [3.05, 3.63) is 53.5 Å². The lowest BCUT2D eigenvalue weighted by atomic mass is 9.95. The molecule has 3 atom stereocenters. The molecular weight excluding hydrogens is 462 g/mol. The van der Waals surface area contributed by atoms with Crippen molar-refractivity contribution >= 4 is 34.8 Å². The van der Waals surface area contributed by atoms with Gasteiger partial charge in [-0.25, -0.2) is 9.97 Å². The lowest BCUT2D eigenvalue weighted by molar-refractivity contribution is -0.136. The number of halogens is 1. The quantitative estimate of drug-likeness (QED) is 0.635. The van der Waals surface area contributed by atoms with Crippen molar-refractivity contribution in [1.82, 2.24) is 20.2 Å². The van der Waals surface area contributed by atoms with Crippen LogP contribution in [0, 0.1) is 0 Å². The van der Waals surface area contributed by atoms with Crippen LogP contribution in [0.5, 0.6) is 0 Å². The summed E-state index contributed by atoms with van der Waals surface area (Å²) in [5.41, 5.74) is 2.93. The summed E-state index contributed by atoms with van der Waals surface area (Å²) in [6.45, 7) is 11.1. The smallest absolute Gasteiger partial charge is 0.232 e. The Kier molecular flexibility index (Phi) is 6.59. The van der Waals surface area contributed by atoms with Crippen molar-refractivity contribution in [3.63, 3.8) is 0 Å². The number of hydrogen-bond acceptors (Lipinski definition) is 7. The molecule has 2 fully saturated rings. The first kappa shape index (κ1) is 23.9. The summed E-state index contributed by atoms with van der Waals surface area (Å²) in [6.07, 6.45) is 3.63.